The van der Waals surface area contributed by atoms with Gasteiger partial charge in [0.25, 0.3) is 5.91 Å². The molecule has 11 heteroatoms. The van der Waals surface area contributed by atoms with Crippen LogP contribution in [-0.2, 0) is 12.2 Å². The Hall–Kier alpha value is -3.47. The Labute approximate surface area is 264 Å². The number of benzene rings is 3. The Balaban J connectivity index is 1.46. The molecular formula is C33H35ClF3N4O2S+. The van der Waals surface area contributed by atoms with Crippen molar-refractivity contribution in [2.45, 2.75) is 36.1 Å². The molecule has 232 valence electrons. The maximum Gasteiger partial charge on any atom is 0.251 e. The smallest absolute Gasteiger partial charge is 0.251 e. The zero-order valence-electron chi connectivity index (χ0n) is 25.1. The van der Waals surface area contributed by atoms with Crippen LogP contribution in [0.2, 0.25) is 5.02 Å². The fourth-order valence-corrected chi connectivity index (χ4v) is 6.63. The first-order valence-electron chi connectivity index (χ1n) is 14.4. The van der Waals surface area contributed by atoms with Crippen molar-refractivity contribution in [1.82, 2.24) is 14.9 Å². The highest BCUT2D eigenvalue weighted by molar-refractivity contribution is 7.98. The van der Waals surface area contributed by atoms with Crippen molar-refractivity contribution < 1.29 is 27.2 Å². The number of carbonyl (C=O) groups excluding carboxylic acids is 1. The molecule has 0 saturated heterocycles. The molecule has 1 aliphatic rings. The fourth-order valence-electron chi connectivity index (χ4n) is 5.38. The van der Waals surface area contributed by atoms with Crippen LogP contribution in [0.3, 0.4) is 0 Å². The van der Waals surface area contributed by atoms with Crippen molar-refractivity contribution in [3.63, 3.8) is 0 Å². The van der Waals surface area contributed by atoms with Crippen molar-refractivity contribution in [1.29, 1.82) is 0 Å². The number of methoxy groups -OCH3 is 1. The lowest BCUT2D eigenvalue weighted by Crippen LogP contribution is -2.41. The summed E-state index contributed by atoms with van der Waals surface area (Å²) in [5.41, 5.74) is 3.29. The Morgan fingerprint density at radius 2 is 1.80 bits per heavy atom. The number of quaternary nitrogens is 1. The van der Waals surface area contributed by atoms with Crippen molar-refractivity contribution >= 4 is 29.3 Å². The molecule has 1 N–H and O–H groups in total. The van der Waals surface area contributed by atoms with Crippen LogP contribution in [0.5, 0.6) is 5.75 Å². The molecular weight excluding hydrogens is 609 g/mol. The molecule has 1 unspecified atom stereocenters. The highest BCUT2D eigenvalue weighted by Gasteiger charge is 2.31. The van der Waals surface area contributed by atoms with Gasteiger partial charge in [-0.25, -0.2) is 18.2 Å². The van der Waals surface area contributed by atoms with Gasteiger partial charge in [0.2, 0.25) is 0 Å². The van der Waals surface area contributed by atoms with E-state index < -0.39 is 17.5 Å². The lowest BCUT2D eigenvalue weighted by atomic mass is 9.84. The number of carbonyl (C=O) groups is 1. The van der Waals surface area contributed by atoms with Crippen LogP contribution in [0.15, 0.2) is 59.8 Å². The molecule has 1 heterocycles. The lowest BCUT2D eigenvalue weighted by Gasteiger charge is -2.26. The average molecular weight is 644 g/mol. The van der Waals surface area contributed by atoms with E-state index in [2.05, 4.69) is 5.32 Å². The number of fused-ring (bicyclic) bond motifs is 1. The summed E-state index contributed by atoms with van der Waals surface area (Å²) in [6.45, 7) is 1.05. The number of aryl methyl sites for hydroxylation is 1. The lowest BCUT2D eigenvalue weighted by molar-refractivity contribution is -0.869. The summed E-state index contributed by atoms with van der Waals surface area (Å²) in [4.78, 5) is 17.5. The second kappa shape index (κ2) is 13.3. The van der Waals surface area contributed by atoms with Gasteiger partial charge in [0.1, 0.15) is 23.2 Å². The average Bonchev–Trinajstić information content (AvgIpc) is 3.35. The third-order valence-electron chi connectivity index (χ3n) is 7.67. The molecule has 1 amide bonds. The minimum absolute atomic E-state index is 0.0554. The standard InChI is InChI=1S/C33H34ClF3N4O2S/c1-41(2,3)15-14-38-32(42)21-16-27(36)25(28(37)17-21)19-44-33-39-29-7-5-6-24(20-8-13-26(34)30(18-20)43-4)31(29)40(33)23-11-9-22(35)10-12-23/h8-13,16-18,24H,5-7,14-15,19H2,1-4H3/p+1. The van der Waals surface area contributed by atoms with E-state index in [-0.39, 0.29) is 28.6 Å². The van der Waals surface area contributed by atoms with Crippen LogP contribution in [0.4, 0.5) is 13.2 Å². The second-order valence-corrected chi connectivity index (χ2v) is 13.2. The normalized spacial score (nSPS) is 14.8. The van der Waals surface area contributed by atoms with Crippen molar-refractivity contribution in [3.05, 3.63) is 105 Å². The first-order valence-corrected chi connectivity index (χ1v) is 15.7. The zero-order valence-corrected chi connectivity index (χ0v) is 26.7. The van der Waals surface area contributed by atoms with Crippen molar-refractivity contribution in [2.75, 3.05) is 41.3 Å². The summed E-state index contributed by atoms with van der Waals surface area (Å²) >= 11 is 7.50. The fraction of sp³-hybridized carbons (Fsp3) is 0.333. The number of nitrogens with one attached hydrogen (secondary N) is 1. The monoisotopic (exact) mass is 643 g/mol. The van der Waals surface area contributed by atoms with Crippen LogP contribution in [0.1, 0.15) is 51.6 Å². The molecule has 1 aromatic heterocycles. The minimum Gasteiger partial charge on any atom is -0.495 e. The summed E-state index contributed by atoms with van der Waals surface area (Å²) in [6, 6.07) is 13.9. The van der Waals surface area contributed by atoms with E-state index in [1.807, 2.05) is 37.8 Å². The van der Waals surface area contributed by atoms with E-state index >= 15 is 8.78 Å². The van der Waals surface area contributed by atoms with Gasteiger partial charge < -0.3 is 14.5 Å². The Kier molecular flexibility index (Phi) is 9.62. The maximum absolute atomic E-state index is 15.2. The summed E-state index contributed by atoms with van der Waals surface area (Å²) < 4.78 is 52.5. The number of ether oxygens (including phenoxy) is 1. The van der Waals surface area contributed by atoms with E-state index in [4.69, 9.17) is 21.3 Å². The first kappa shape index (κ1) is 31.9. The van der Waals surface area contributed by atoms with Gasteiger partial charge in [0.15, 0.2) is 5.16 Å². The second-order valence-electron chi connectivity index (χ2n) is 11.9. The molecule has 0 bridgehead atoms. The van der Waals surface area contributed by atoms with Crippen molar-refractivity contribution in [2.24, 2.45) is 0 Å². The molecule has 1 atom stereocenters. The number of likely N-dealkylation sites (N-methyl/N-ethyl adjacent to an activating group) is 1. The summed E-state index contributed by atoms with van der Waals surface area (Å²) in [5.74, 6) is -2.05. The number of hydrogen-bond donors (Lipinski definition) is 1. The molecule has 5 rings (SSSR count). The largest absolute Gasteiger partial charge is 0.495 e. The number of nitrogens with zero attached hydrogens (tertiary/aromatic N) is 3. The molecule has 4 aromatic rings. The molecule has 0 radical (unpaired) electrons. The SMILES string of the molecule is COc1cc(C2CCCc3nc(SCc4c(F)cc(C(=O)NCC[N+](C)(C)C)cc4F)n(-c4ccc(F)cc4)c32)ccc1Cl. The Morgan fingerprint density at radius 1 is 1.09 bits per heavy atom. The van der Waals surface area contributed by atoms with Crippen LogP contribution in [0.25, 0.3) is 5.69 Å². The predicted octanol–water partition coefficient (Wildman–Crippen LogP) is 7.15. The van der Waals surface area contributed by atoms with Gasteiger partial charge in [-0.05, 0) is 73.4 Å². The molecule has 44 heavy (non-hydrogen) atoms. The highest BCUT2D eigenvalue weighted by atomic mass is 35.5. The van der Waals surface area contributed by atoms with Gasteiger partial charge >= 0.3 is 0 Å². The summed E-state index contributed by atoms with van der Waals surface area (Å²) in [6.07, 6.45) is 2.48. The molecule has 0 aliphatic heterocycles. The number of halogens is 4. The number of aromatic nitrogens is 2. The molecule has 0 saturated carbocycles. The van der Waals surface area contributed by atoms with Gasteiger partial charge in [0, 0.05) is 28.5 Å². The first-order chi connectivity index (χ1) is 20.9. The Morgan fingerprint density at radius 3 is 2.45 bits per heavy atom. The van der Waals surface area contributed by atoms with Gasteiger partial charge in [-0.3, -0.25) is 9.36 Å². The van der Waals surface area contributed by atoms with Crippen LogP contribution in [0, 0.1) is 17.5 Å². The topological polar surface area (TPSA) is 56.1 Å². The van der Waals surface area contributed by atoms with E-state index in [1.165, 1.54) is 23.9 Å². The van der Waals surface area contributed by atoms with E-state index in [9.17, 15) is 9.18 Å². The van der Waals surface area contributed by atoms with Crippen molar-refractivity contribution in [3.8, 4) is 11.4 Å². The quantitative estimate of drug-likeness (QED) is 0.147. The summed E-state index contributed by atoms with van der Waals surface area (Å²) in [7, 11) is 7.54. The van der Waals surface area contributed by atoms with Crippen LogP contribution in [-0.4, -0.2) is 61.3 Å². The van der Waals surface area contributed by atoms with E-state index in [0.29, 0.717) is 39.2 Å². The zero-order chi connectivity index (χ0) is 31.6. The maximum atomic E-state index is 15.2. The van der Waals surface area contributed by atoms with E-state index in [0.717, 1.165) is 48.3 Å². The molecule has 1 aliphatic carbocycles. The third-order valence-corrected chi connectivity index (χ3v) is 8.95. The number of amides is 1. The number of imidazole rings is 1. The molecule has 6 nitrogen and oxygen atoms in total. The third kappa shape index (κ3) is 7.08. The molecule has 0 fully saturated rings. The Bertz CT molecular complexity index is 1650. The van der Waals surface area contributed by atoms with Gasteiger partial charge in [0.05, 0.1) is 57.8 Å². The molecule has 3 aromatic carbocycles. The number of rotatable bonds is 10. The van der Waals surface area contributed by atoms with E-state index in [1.54, 1.807) is 25.3 Å². The van der Waals surface area contributed by atoms with Gasteiger partial charge in [-0.1, -0.05) is 29.4 Å². The minimum atomic E-state index is -0.801. The number of thioether (sulfide) groups is 1. The number of hydrogen-bond acceptors (Lipinski definition) is 4. The van der Waals surface area contributed by atoms with Crippen LogP contribution < -0.4 is 10.1 Å². The summed E-state index contributed by atoms with van der Waals surface area (Å²) in [5, 5.41) is 3.77. The molecule has 0 spiro atoms. The van der Waals surface area contributed by atoms with Gasteiger partial charge in [-0.2, -0.15) is 0 Å². The predicted molar refractivity (Wildman–Crippen MR) is 167 cm³/mol. The highest BCUT2D eigenvalue weighted by Crippen LogP contribution is 2.42. The van der Waals surface area contributed by atoms with Crippen LogP contribution >= 0.6 is 23.4 Å². The van der Waals surface area contributed by atoms with Gasteiger partial charge in [-0.15, -0.1) is 0 Å².